The molecule has 11 nitrogen and oxygen atoms in total. The lowest BCUT2D eigenvalue weighted by Crippen LogP contribution is -2.46. The molecular formula is C33H29F6N7O4. The van der Waals surface area contributed by atoms with E-state index in [9.17, 15) is 27.2 Å². The van der Waals surface area contributed by atoms with Gasteiger partial charge in [0.1, 0.15) is 23.1 Å². The van der Waals surface area contributed by atoms with Gasteiger partial charge in [-0.3, -0.25) is 4.79 Å². The highest BCUT2D eigenvalue weighted by atomic mass is 19.4. The third kappa shape index (κ3) is 7.78. The second-order valence-electron chi connectivity index (χ2n) is 11.3. The number of carbonyl (C=O) groups excluding carboxylic acids is 2. The van der Waals surface area contributed by atoms with Gasteiger partial charge in [0.25, 0.3) is 5.91 Å². The Labute approximate surface area is 281 Å². The molecule has 1 saturated heterocycles. The molecular weight excluding hydrogens is 672 g/mol. The van der Waals surface area contributed by atoms with E-state index in [-0.39, 0.29) is 12.4 Å². The van der Waals surface area contributed by atoms with Crippen LogP contribution in [-0.4, -0.2) is 77.3 Å². The molecule has 6 rings (SSSR count). The van der Waals surface area contributed by atoms with E-state index in [0.29, 0.717) is 47.1 Å². The molecule has 3 amide bonds. The van der Waals surface area contributed by atoms with Crippen LogP contribution in [0, 0.1) is 24.4 Å². The van der Waals surface area contributed by atoms with Crippen LogP contribution in [0.2, 0.25) is 0 Å². The number of carbonyl (C=O) groups is 3. The van der Waals surface area contributed by atoms with Crippen molar-refractivity contribution in [3.05, 3.63) is 94.8 Å². The van der Waals surface area contributed by atoms with Gasteiger partial charge in [0.05, 0.1) is 12.2 Å². The van der Waals surface area contributed by atoms with Gasteiger partial charge >= 0.3 is 18.2 Å². The van der Waals surface area contributed by atoms with E-state index >= 15 is 8.78 Å². The zero-order valence-corrected chi connectivity index (χ0v) is 26.5. The van der Waals surface area contributed by atoms with E-state index in [0.717, 1.165) is 35.7 Å². The van der Waals surface area contributed by atoms with Crippen LogP contribution in [0.3, 0.4) is 0 Å². The summed E-state index contributed by atoms with van der Waals surface area (Å²) in [5.41, 5.74) is 2.44. The number of aryl methyl sites for hydroxylation is 1. The van der Waals surface area contributed by atoms with Crippen molar-refractivity contribution in [3.8, 4) is 11.3 Å². The van der Waals surface area contributed by atoms with Crippen LogP contribution < -0.4 is 20.4 Å². The van der Waals surface area contributed by atoms with Gasteiger partial charge in [-0.15, -0.1) is 0 Å². The summed E-state index contributed by atoms with van der Waals surface area (Å²) in [5.74, 6) is -5.06. The van der Waals surface area contributed by atoms with Crippen molar-refractivity contribution in [3.63, 3.8) is 0 Å². The summed E-state index contributed by atoms with van der Waals surface area (Å²) < 4.78 is 75.2. The Morgan fingerprint density at radius 1 is 0.920 bits per heavy atom. The third-order valence-corrected chi connectivity index (χ3v) is 7.85. The van der Waals surface area contributed by atoms with Crippen molar-refractivity contribution in [2.45, 2.75) is 19.6 Å². The molecule has 1 aromatic heterocycles. The number of rotatable bonds is 5. The smallest absolute Gasteiger partial charge is 0.475 e. The Morgan fingerprint density at radius 2 is 1.54 bits per heavy atom. The Balaban J connectivity index is 0.000000630. The van der Waals surface area contributed by atoms with Crippen LogP contribution in [0.1, 0.15) is 21.5 Å². The highest BCUT2D eigenvalue weighted by Gasteiger charge is 2.38. The first-order valence-electron chi connectivity index (χ1n) is 15.0. The first kappa shape index (κ1) is 35.6. The van der Waals surface area contributed by atoms with Crippen molar-refractivity contribution < 1.29 is 45.8 Å². The maximum Gasteiger partial charge on any atom is 0.490 e. The molecule has 17 heteroatoms. The third-order valence-electron chi connectivity index (χ3n) is 7.85. The van der Waals surface area contributed by atoms with Gasteiger partial charge in [-0.2, -0.15) is 18.2 Å². The Bertz CT molecular complexity index is 1910. The lowest BCUT2D eigenvalue weighted by atomic mass is 9.97. The zero-order valence-electron chi connectivity index (χ0n) is 26.5. The number of alkyl halides is 3. The molecule has 2 aliphatic rings. The number of hydrogen-bond donors (Lipinski definition) is 3. The molecule has 3 aromatic carbocycles. The molecule has 3 N–H and O–H groups in total. The average Bonchev–Trinajstić information content (AvgIpc) is 3.06. The first-order chi connectivity index (χ1) is 23.6. The van der Waals surface area contributed by atoms with Crippen molar-refractivity contribution in [2.75, 3.05) is 48.3 Å². The minimum Gasteiger partial charge on any atom is -0.475 e. The highest BCUT2D eigenvalue weighted by molar-refractivity contribution is 6.06. The van der Waals surface area contributed by atoms with E-state index < -0.39 is 47.2 Å². The summed E-state index contributed by atoms with van der Waals surface area (Å²) in [5, 5.41) is 12.6. The van der Waals surface area contributed by atoms with Gasteiger partial charge in [-0.05, 0) is 68.1 Å². The van der Waals surface area contributed by atoms with E-state index in [1.165, 1.54) is 30.3 Å². The molecule has 0 radical (unpaired) electrons. The molecule has 0 saturated carbocycles. The number of nitrogens with one attached hydrogen (secondary N) is 2. The van der Waals surface area contributed by atoms with E-state index in [4.69, 9.17) is 19.9 Å². The number of anilines is 4. The van der Waals surface area contributed by atoms with Gasteiger partial charge < -0.3 is 25.5 Å². The molecule has 262 valence electrons. The number of hydrogen-bond acceptors (Lipinski definition) is 7. The second kappa shape index (κ2) is 14.4. The molecule has 50 heavy (non-hydrogen) atoms. The number of piperazine rings is 1. The number of halogens is 6. The quantitative estimate of drug-likeness (QED) is 0.221. The lowest BCUT2D eigenvalue weighted by Gasteiger charge is -2.35. The molecule has 0 unspecified atom stereocenters. The SMILES string of the molecule is Cc1ccc(C(=O)Nc2ccc(F)cc2)cc1-c1nc(N2CCN(C)CC2)nc2c1CNC(=O)N2c1c(F)cccc1F.O=C(O)C(F)(F)F. The number of fused-ring (bicyclic) bond motifs is 1. The highest BCUT2D eigenvalue weighted by Crippen LogP contribution is 2.40. The van der Waals surface area contributed by atoms with Gasteiger partial charge in [-0.1, -0.05) is 12.1 Å². The number of aromatic nitrogens is 2. The number of benzene rings is 3. The number of urea groups is 1. The number of nitrogens with zero attached hydrogens (tertiary/aromatic N) is 5. The maximum atomic E-state index is 15.0. The van der Waals surface area contributed by atoms with Gasteiger partial charge in [-0.25, -0.2) is 32.6 Å². The predicted octanol–water partition coefficient (Wildman–Crippen LogP) is 5.87. The number of aliphatic carboxylic acids is 1. The van der Waals surface area contributed by atoms with Crippen molar-refractivity contribution in [1.29, 1.82) is 0 Å². The normalized spacial score (nSPS) is 14.7. The minimum atomic E-state index is -5.08. The Morgan fingerprint density at radius 3 is 2.14 bits per heavy atom. The maximum absolute atomic E-state index is 15.0. The van der Waals surface area contributed by atoms with Crippen molar-refractivity contribution in [2.24, 2.45) is 0 Å². The van der Waals surface area contributed by atoms with Gasteiger partial charge in [0.15, 0.2) is 5.82 Å². The predicted molar refractivity (Wildman–Crippen MR) is 171 cm³/mol. The lowest BCUT2D eigenvalue weighted by molar-refractivity contribution is -0.192. The topological polar surface area (TPSA) is 131 Å². The van der Waals surface area contributed by atoms with E-state index in [1.807, 2.05) is 18.9 Å². The summed E-state index contributed by atoms with van der Waals surface area (Å²) in [6.07, 6.45) is -5.08. The molecule has 0 atom stereocenters. The van der Waals surface area contributed by atoms with Crippen LogP contribution >= 0.6 is 0 Å². The van der Waals surface area contributed by atoms with E-state index in [2.05, 4.69) is 15.5 Å². The van der Waals surface area contributed by atoms with Gasteiger partial charge in [0.2, 0.25) is 5.95 Å². The second-order valence-corrected chi connectivity index (χ2v) is 11.3. The summed E-state index contributed by atoms with van der Waals surface area (Å²) in [6, 6.07) is 13.2. The summed E-state index contributed by atoms with van der Waals surface area (Å²) in [7, 11) is 2.01. The Kier molecular flexibility index (Phi) is 10.3. The van der Waals surface area contributed by atoms with Crippen LogP contribution in [-0.2, 0) is 11.3 Å². The number of para-hydroxylation sites is 1. The molecule has 3 heterocycles. The van der Waals surface area contributed by atoms with Gasteiger partial charge in [0, 0.05) is 48.6 Å². The molecule has 1 fully saturated rings. The van der Waals surface area contributed by atoms with Crippen molar-refractivity contribution in [1.82, 2.24) is 20.2 Å². The Hall–Kier alpha value is -5.71. The van der Waals surface area contributed by atoms with Crippen LogP contribution in [0.15, 0.2) is 60.7 Å². The molecule has 0 aliphatic carbocycles. The zero-order chi connectivity index (χ0) is 36.3. The monoisotopic (exact) mass is 701 g/mol. The largest absolute Gasteiger partial charge is 0.490 e. The fourth-order valence-electron chi connectivity index (χ4n) is 5.18. The molecule has 0 spiro atoms. The van der Waals surface area contributed by atoms with Crippen LogP contribution in [0.4, 0.5) is 54.3 Å². The average molecular weight is 702 g/mol. The fourth-order valence-corrected chi connectivity index (χ4v) is 5.18. The number of likely N-dealkylation sites (N-methyl/N-ethyl adjacent to an activating group) is 1. The summed E-state index contributed by atoms with van der Waals surface area (Å²) >= 11 is 0. The summed E-state index contributed by atoms with van der Waals surface area (Å²) in [6.45, 7) is 4.57. The van der Waals surface area contributed by atoms with Crippen LogP contribution in [0.5, 0.6) is 0 Å². The molecule has 2 aliphatic heterocycles. The molecule has 0 bridgehead atoms. The molecule has 4 aromatic rings. The minimum absolute atomic E-state index is 0.00450. The van der Waals surface area contributed by atoms with E-state index in [1.54, 1.807) is 18.2 Å². The summed E-state index contributed by atoms with van der Waals surface area (Å²) in [4.78, 5) is 49.9. The number of carboxylic acid groups (broad SMARTS) is 1. The van der Waals surface area contributed by atoms with Crippen molar-refractivity contribution >= 4 is 41.0 Å². The first-order valence-corrected chi connectivity index (χ1v) is 15.0. The van der Waals surface area contributed by atoms with Crippen LogP contribution in [0.25, 0.3) is 11.3 Å². The fraction of sp³-hybridized carbons (Fsp3) is 0.242. The number of amides is 3. The standard InChI is InChI=1S/C31H28F3N7O2.C2HF3O2/c1-18-6-7-19(29(42)36-21-10-8-20(32)9-11-21)16-22(18)26-23-17-35-31(43)41(27-24(33)4-3-5-25(27)34)28(23)38-30(37-26)40-14-12-39(2)13-15-40;3-2(4,5)1(6)7/h3-11,16H,12-15,17H2,1-2H3,(H,35,43)(H,36,42);(H,6,7). The number of carboxylic acids is 1.